The van der Waals surface area contributed by atoms with E-state index in [4.69, 9.17) is 5.11 Å². The minimum atomic E-state index is -1.20. The van der Waals surface area contributed by atoms with Gasteiger partial charge in [-0.25, -0.2) is 4.79 Å². The highest BCUT2D eigenvalue weighted by molar-refractivity contribution is 6.03. The van der Waals surface area contributed by atoms with Crippen LogP contribution in [0.4, 0.5) is 5.69 Å². The smallest absolute Gasteiger partial charge is 0.328 e. The van der Waals surface area contributed by atoms with Crippen LogP contribution in [0.2, 0.25) is 0 Å². The molecule has 3 N–H and O–H groups in total. The van der Waals surface area contributed by atoms with Gasteiger partial charge in [-0.2, -0.15) is 0 Å². The summed E-state index contributed by atoms with van der Waals surface area (Å²) in [6.07, 6.45) is 2.49. The number of nitrogens with one attached hydrogen (secondary N) is 2. The molecule has 0 radical (unpaired) electrons. The van der Waals surface area contributed by atoms with Crippen LogP contribution in [0.15, 0.2) is 36.4 Å². The van der Waals surface area contributed by atoms with Crippen LogP contribution in [-0.2, 0) is 9.59 Å². The predicted octanol–water partition coefficient (Wildman–Crippen LogP) is 1.41. The van der Waals surface area contributed by atoms with E-state index >= 15 is 0 Å². The van der Waals surface area contributed by atoms with Crippen molar-refractivity contribution >= 4 is 23.5 Å². The average Bonchev–Trinajstić information content (AvgIpc) is 2.42. The highest BCUT2D eigenvalue weighted by atomic mass is 16.4. The van der Waals surface area contributed by atoms with Crippen LogP contribution in [0.3, 0.4) is 0 Å². The minimum Gasteiger partial charge on any atom is -0.478 e. The second-order valence-electron chi connectivity index (χ2n) is 4.00. The van der Waals surface area contributed by atoms with Gasteiger partial charge >= 0.3 is 5.97 Å². The maximum Gasteiger partial charge on any atom is 0.328 e. The van der Waals surface area contributed by atoms with Gasteiger partial charge in [0.25, 0.3) is 5.91 Å². The third-order valence-electron chi connectivity index (χ3n) is 2.31. The van der Waals surface area contributed by atoms with Gasteiger partial charge in [-0.1, -0.05) is 13.0 Å². The Hall–Kier alpha value is -2.63. The van der Waals surface area contributed by atoms with E-state index in [-0.39, 0.29) is 5.91 Å². The summed E-state index contributed by atoms with van der Waals surface area (Å²) in [5.74, 6) is -1.99. The standard InChI is InChI=1S/C14H16N2O4/c1-2-8-15-14(20)10-4-3-5-11(9-10)16-12(17)6-7-13(18)19/h3-7,9H,2,8H2,1H3,(H,15,20)(H,16,17)(H,18,19)/b7-6+. The van der Waals surface area contributed by atoms with Crippen LogP contribution in [0.5, 0.6) is 0 Å². The van der Waals surface area contributed by atoms with Gasteiger partial charge in [0.05, 0.1) is 0 Å². The molecule has 20 heavy (non-hydrogen) atoms. The topological polar surface area (TPSA) is 95.5 Å². The zero-order valence-electron chi connectivity index (χ0n) is 11.1. The Morgan fingerprint density at radius 3 is 2.65 bits per heavy atom. The Morgan fingerprint density at radius 2 is 2.00 bits per heavy atom. The lowest BCUT2D eigenvalue weighted by Crippen LogP contribution is -2.24. The molecule has 106 valence electrons. The number of carboxylic acids is 1. The highest BCUT2D eigenvalue weighted by Crippen LogP contribution is 2.10. The number of hydrogen-bond donors (Lipinski definition) is 3. The van der Waals surface area contributed by atoms with Gasteiger partial charge in [-0.3, -0.25) is 9.59 Å². The van der Waals surface area contributed by atoms with E-state index in [0.29, 0.717) is 17.8 Å². The molecule has 0 aliphatic heterocycles. The van der Waals surface area contributed by atoms with E-state index in [0.717, 1.165) is 18.6 Å². The third-order valence-corrected chi connectivity index (χ3v) is 2.31. The fraction of sp³-hybridized carbons (Fsp3) is 0.214. The van der Waals surface area contributed by atoms with Crippen molar-refractivity contribution in [2.75, 3.05) is 11.9 Å². The zero-order valence-corrected chi connectivity index (χ0v) is 11.1. The van der Waals surface area contributed by atoms with Crippen molar-refractivity contribution in [2.45, 2.75) is 13.3 Å². The lowest BCUT2D eigenvalue weighted by molar-refractivity contribution is -0.131. The first kappa shape index (κ1) is 15.4. The van der Waals surface area contributed by atoms with Crippen LogP contribution in [0.25, 0.3) is 0 Å². The molecule has 6 heteroatoms. The van der Waals surface area contributed by atoms with E-state index in [1.54, 1.807) is 18.2 Å². The molecule has 0 atom stereocenters. The van der Waals surface area contributed by atoms with Crippen LogP contribution in [0, 0.1) is 0 Å². The monoisotopic (exact) mass is 276 g/mol. The molecule has 6 nitrogen and oxygen atoms in total. The maximum atomic E-state index is 11.7. The van der Waals surface area contributed by atoms with E-state index in [9.17, 15) is 14.4 Å². The van der Waals surface area contributed by atoms with Crippen molar-refractivity contribution in [3.63, 3.8) is 0 Å². The van der Waals surface area contributed by atoms with Gasteiger partial charge in [0, 0.05) is 29.9 Å². The third kappa shape index (κ3) is 5.34. The van der Waals surface area contributed by atoms with Crippen LogP contribution in [-0.4, -0.2) is 29.4 Å². The van der Waals surface area contributed by atoms with Gasteiger partial charge in [0.2, 0.25) is 5.91 Å². The summed E-state index contributed by atoms with van der Waals surface area (Å²) in [5.41, 5.74) is 0.854. The summed E-state index contributed by atoms with van der Waals surface area (Å²) in [7, 11) is 0. The second-order valence-corrected chi connectivity index (χ2v) is 4.00. The van der Waals surface area contributed by atoms with Crippen LogP contribution < -0.4 is 10.6 Å². The summed E-state index contributed by atoms with van der Waals surface area (Å²) < 4.78 is 0. The van der Waals surface area contributed by atoms with Gasteiger partial charge in [-0.05, 0) is 24.6 Å². The van der Waals surface area contributed by atoms with Gasteiger partial charge in [0.15, 0.2) is 0 Å². The molecule has 1 aromatic carbocycles. The molecule has 0 spiro atoms. The van der Waals surface area contributed by atoms with Crippen molar-refractivity contribution in [1.29, 1.82) is 0 Å². The van der Waals surface area contributed by atoms with Crippen molar-refractivity contribution in [1.82, 2.24) is 5.32 Å². The lowest BCUT2D eigenvalue weighted by atomic mass is 10.2. The molecule has 1 aromatic rings. The van der Waals surface area contributed by atoms with Gasteiger partial charge in [-0.15, -0.1) is 0 Å². The summed E-state index contributed by atoms with van der Waals surface area (Å²) in [5, 5.41) is 13.6. The molecular formula is C14H16N2O4. The molecule has 2 amide bonds. The average molecular weight is 276 g/mol. The Labute approximate surface area is 116 Å². The molecule has 0 saturated heterocycles. The maximum absolute atomic E-state index is 11.7. The number of benzene rings is 1. The van der Waals surface area contributed by atoms with Crippen LogP contribution in [0.1, 0.15) is 23.7 Å². The molecule has 0 unspecified atom stereocenters. The molecule has 0 heterocycles. The molecular weight excluding hydrogens is 260 g/mol. The number of anilines is 1. The highest BCUT2D eigenvalue weighted by Gasteiger charge is 2.06. The summed E-state index contributed by atoms with van der Waals surface area (Å²) in [4.78, 5) is 33.4. The summed E-state index contributed by atoms with van der Waals surface area (Å²) in [6.45, 7) is 2.53. The number of carbonyl (C=O) groups is 3. The molecule has 0 aromatic heterocycles. The van der Waals surface area contributed by atoms with E-state index in [1.165, 1.54) is 6.07 Å². The summed E-state index contributed by atoms with van der Waals surface area (Å²) >= 11 is 0. The van der Waals surface area contributed by atoms with Crippen molar-refractivity contribution in [2.24, 2.45) is 0 Å². The Balaban J connectivity index is 2.70. The number of aliphatic carboxylic acids is 1. The molecule has 0 aliphatic rings. The quantitative estimate of drug-likeness (QED) is 0.684. The van der Waals surface area contributed by atoms with Crippen molar-refractivity contribution in [3.05, 3.63) is 42.0 Å². The zero-order chi connectivity index (χ0) is 15.0. The van der Waals surface area contributed by atoms with E-state index in [1.807, 2.05) is 6.92 Å². The largest absolute Gasteiger partial charge is 0.478 e. The molecule has 0 fully saturated rings. The predicted molar refractivity (Wildman–Crippen MR) is 74.5 cm³/mol. The number of rotatable bonds is 6. The Kier molecular flexibility index (Phi) is 5.96. The Bertz CT molecular complexity index is 538. The van der Waals surface area contributed by atoms with Gasteiger partial charge < -0.3 is 15.7 Å². The number of carbonyl (C=O) groups excluding carboxylic acids is 2. The number of hydrogen-bond acceptors (Lipinski definition) is 3. The Morgan fingerprint density at radius 1 is 1.25 bits per heavy atom. The first-order chi connectivity index (χ1) is 9.52. The van der Waals surface area contributed by atoms with Gasteiger partial charge in [0.1, 0.15) is 0 Å². The summed E-state index contributed by atoms with van der Waals surface area (Å²) in [6, 6.07) is 6.41. The molecule has 0 bridgehead atoms. The van der Waals surface area contributed by atoms with Crippen LogP contribution >= 0.6 is 0 Å². The lowest BCUT2D eigenvalue weighted by Gasteiger charge is -2.06. The second kappa shape index (κ2) is 7.73. The number of amides is 2. The number of carboxylic acid groups (broad SMARTS) is 1. The molecule has 0 aliphatic carbocycles. The van der Waals surface area contributed by atoms with E-state index < -0.39 is 11.9 Å². The first-order valence-electron chi connectivity index (χ1n) is 6.13. The van der Waals surface area contributed by atoms with E-state index in [2.05, 4.69) is 10.6 Å². The fourth-order valence-corrected chi connectivity index (χ4v) is 1.41. The first-order valence-corrected chi connectivity index (χ1v) is 6.13. The normalized spacial score (nSPS) is 10.2. The fourth-order valence-electron chi connectivity index (χ4n) is 1.41. The van der Waals surface area contributed by atoms with Crippen molar-refractivity contribution in [3.8, 4) is 0 Å². The molecule has 1 rings (SSSR count). The molecule has 0 saturated carbocycles. The SMILES string of the molecule is CCCNC(=O)c1cccc(NC(=O)/C=C/C(=O)O)c1. The minimum absolute atomic E-state index is 0.218. The van der Waals surface area contributed by atoms with Crippen molar-refractivity contribution < 1.29 is 19.5 Å².